The number of allylic oxidation sites excluding steroid dienone is 3. The van der Waals surface area contributed by atoms with Crippen LogP contribution in [0.5, 0.6) is 0 Å². The summed E-state index contributed by atoms with van der Waals surface area (Å²) in [6, 6.07) is 0. The summed E-state index contributed by atoms with van der Waals surface area (Å²) in [6.45, 7) is 16.9. The Bertz CT molecular complexity index is 643. The maximum absolute atomic E-state index is 5.52. The lowest BCUT2D eigenvalue weighted by Crippen LogP contribution is -2.49. The molecular weight excluding hydrogens is 360 g/mol. The first-order valence-electron chi connectivity index (χ1n) is 11.2. The van der Waals surface area contributed by atoms with E-state index in [1.54, 1.807) is 0 Å². The molecule has 0 aromatic heterocycles. The van der Waals surface area contributed by atoms with E-state index in [0.717, 1.165) is 24.5 Å². The summed E-state index contributed by atoms with van der Waals surface area (Å²) in [6.07, 6.45) is 13.6. The van der Waals surface area contributed by atoms with Crippen molar-refractivity contribution >= 4 is 22.9 Å². The molecule has 158 valence electrons. The number of hydrogen-bond acceptors (Lipinski definition) is 2. The minimum absolute atomic E-state index is 0.446. The molecule has 0 bridgehead atoms. The van der Waals surface area contributed by atoms with Crippen LogP contribution in [0.1, 0.15) is 92.4 Å². The number of hydrogen-bond donors (Lipinski definition) is 1. The van der Waals surface area contributed by atoms with Crippen LogP contribution in [0.3, 0.4) is 0 Å². The third-order valence-corrected chi connectivity index (χ3v) is 7.78. The van der Waals surface area contributed by atoms with Gasteiger partial charge in [0.15, 0.2) is 0 Å². The zero-order chi connectivity index (χ0) is 20.9. The van der Waals surface area contributed by atoms with Crippen LogP contribution in [0.4, 0.5) is 0 Å². The zero-order valence-corrected chi connectivity index (χ0v) is 19.8. The fraction of sp³-hybridized carbons (Fsp3) is 0.760. The highest BCUT2D eigenvalue weighted by molar-refractivity contribution is 7.80. The molecule has 0 aliphatic heterocycles. The second-order valence-corrected chi connectivity index (χ2v) is 10.8. The monoisotopic (exact) mass is 402 g/mol. The lowest BCUT2D eigenvalue weighted by molar-refractivity contribution is -0.0539. The van der Waals surface area contributed by atoms with E-state index in [1.807, 2.05) is 0 Å². The van der Waals surface area contributed by atoms with E-state index in [0.29, 0.717) is 28.3 Å². The quantitative estimate of drug-likeness (QED) is 0.268. The number of aliphatic imine (C=N–C) groups is 1. The van der Waals surface area contributed by atoms with Crippen LogP contribution in [0, 0.1) is 22.7 Å². The van der Waals surface area contributed by atoms with Crippen molar-refractivity contribution in [2.75, 3.05) is 6.54 Å². The average Bonchev–Trinajstić information content (AvgIpc) is 2.58. The number of rotatable bonds is 8. The third kappa shape index (κ3) is 5.78. The molecule has 2 saturated carbocycles. The van der Waals surface area contributed by atoms with Gasteiger partial charge in [0, 0.05) is 5.71 Å². The van der Waals surface area contributed by atoms with Crippen LogP contribution >= 0.6 is 12.2 Å². The second-order valence-electron chi connectivity index (χ2n) is 10.3. The van der Waals surface area contributed by atoms with Crippen LogP contribution < -0.4 is 5.73 Å². The molecule has 2 aliphatic carbocycles. The minimum Gasteiger partial charge on any atom is -0.392 e. The van der Waals surface area contributed by atoms with E-state index in [1.165, 1.54) is 56.1 Å². The lowest BCUT2D eigenvalue weighted by atomic mass is 9.47. The molecular formula is C25H42N2S. The predicted octanol–water partition coefficient (Wildman–Crippen LogP) is 7.04. The molecule has 3 atom stereocenters. The number of thiocarbonyl (C=S) groups is 1. The van der Waals surface area contributed by atoms with Gasteiger partial charge in [0.05, 0.1) is 11.5 Å². The van der Waals surface area contributed by atoms with Gasteiger partial charge in [-0.2, -0.15) is 0 Å². The summed E-state index contributed by atoms with van der Waals surface area (Å²) in [4.78, 5) is 4.90. The minimum atomic E-state index is 0.446. The van der Waals surface area contributed by atoms with Crippen molar-refractivity contribution < 1.29 is 0 Å². The molecule has 2 aliphatic rings. The van der Waals surface area contributed by atoms with Crippen LogP contribution in [0.25, 0.3) is 0 Å². The molecule has 3 heteroatoms. The zero-order valence-electron chi connectivity index (χ0n) is 18.9. The molecule has 0 aromatic rings. The molecule has 2 unspecified atom stereocenters. The van der Waals surface area contributed by atoms with Gasteiger partial charge in [0.2, 0.25) is 0 Å². The van der Waals surface area contributed by atoms with Gasteiger partial charge in [-0.3, -0.25) is 4.99 Å². The SMILES string of the molecule is C=C1CCC2C(C)(C)CCC[C@]2(C)C1CC/C(C)=C\CCC(C)=NCC(N)=S. The van der Waals surface area contributed by atoms with E-state index in [9.17, 15) is 0 Å². The van der Waals surface area contributed by atoms with Gasteiger partial charge >= 0.3 is 0 Å². The van der Waals surface area contributed by atoms with Gasteiger partial charge in [-0.15, -0.1) is 0 Å². The van der Waals surface area contributed by atoms with Crippen molar-refractivity contribution in [2.45, 2.75) is 92.4 Å². The highest BCUT2D eigenvalue weighted by Gasteiger charge is 2.52. The van der Waals surface area contributed by atoms with Crippen molar-refractivity contribution in [1.82, 2.24) is 0 Å². The fourth-order valence-corrected chi connectivity index (χ4v) is 6.17. The molecule has 0 aromatic carbocycles. The maximum Gasteiger partial charge on any atom is 0.0945 e. The first-order valence-corrected chi connectivity index (χ1v) is 11.6. The molecule has 0 radical (unpaired) electrons. The Balaban J connectivity index is 1.93. The van der Waals surface area contributed by atoms with Crippen molar-refractivity contribution in [3.63, 3.8) is 0 Å². The highest BCUT2D eigenvalue weighted by atomic mass is 32.1. The number of fused-ring (bicyclic) bond motifs is 1. The summed E-state index contributed by atoms with van der Waals surface area (Å²) < 4.78 is 0. The topological polar surface area (TPSA) is 38.4 Å². The smallest absolute Gasteiger partial charge is 0.0945 e. The van der Waals surface area contributed by atoms with E-state index >= 15 is 0 Å². The summed E-state index contributed by atoms with van der Waals surface area (Å²) >= 11 is 4.89. The van der Waals surface area contributed by atoms with Gasteiger partial charge in [-0.25, -0.2) is 0 Å². The molecule has 2 nitrogen and oxygen atoms in total. The van der Waals surface area contributed by atoms with Gasteiger partial charge in [-0.1, -0.05) is 63.2 Å². The molecule has 0 saturated heterocycles. The van der Waals surface area contributed by atoms with Crippen molar-refractivity contribution in [1.29, 1.82) is 0 Å². The first-order chi connectivity index (χ1) is 13.1. The summed E-state index contributed by atoms with van der Waals surface area (Å²) in [5, 5.41) is 0. The highest BCUT2D eigenvalue weighted by Crippen LogP contribution is 2.61. The van der Waals surface area contributed by atoms with Gasteiger partial charge in [-0.05, 0) is 87.9 Å². The van der Waals surface area contributed by atoms with Crippen LogP contribution in [-0.4, -0.2) is 17.2 Å². The van der Waals surface area contributed by atoms with Crippen LogP contribution in [-0.2, 0) is 0 Å². The average molecular weight is 403 g/mol. The van der Waals surface area contributed by atoms with Gasteiger partial charge in [0.25, 0.3) is 0 Å². The Labute approximate surface area is 179 Å². The van der Waals surface area contributed by atoms with Gasteiger partial charge in [0.1, 0.15) is 0 Å². The molecule has 0 spiro atoms. The van der Waals surface area contributed by atoms with Crippen molar-refractivity contribution in [2.24, 2.45) is 33.4 Å². The van der Waals surface area contributed by atoms with E-state index < -0.39 is 0 Å². The van der Waals surface area contributed by atoms with Crippen LogP contribution in [0.2, 0.25) is 0 Å². The van der Waals surface area contributed by atoms with Crippen LogP contribution in [0.15, 0.2) is 28.8 Å². The van der Waals surface area contributed by atoms with E-state index in [4.69, 9.17) is 18.0 Å². The van der Waals surface area contributed by atoms with Crippen molar-refractivity contribution in [3.05, 3.63) is 23.8 Å². The normalized spacial score (nSPS) is 30.8. The fourth-order valence-electron chi connectivity index (χ4n) is 6.10. The summed E-state index contributed by atoms with van der Waals surface area (Å²) in [7, 11) is 0. The van der Waals surface area contributed by atoms with Crippen molar-refractivity contribution in [3.8, 4) is 0 Å². The number of nitrogens with zero attached hydrogens (tertiary/aromatic N) is 1. The predicted molar refractivity (Wildman–Crippen MR) is 128 cm³/mol. The molecule has 0 amide bonds. The van der Waals surface area contributed by atoms with E-state index in [2.05, 4.69) is 52.3 Å². The standard InChI is InChI=1S/C25H42N2S/c1-18(9-7-10-20(3)27-17-23(26)28)11-13-21-19(2)12-14-22-24(4,5)15-8-16-25(21,22)6/h9,21-22H,2,7-8,10-17H2,1,3-6H3,(H2,26,28)/b18-9-,27-20?/t21?,22?,25-/m1/s1. The Kier molecular flexibility index (Phi) is 8.07. The largest absolute Gasteiger partial charge is 0.392 e. The van der Waals surface area contributed by atoms with E-state index in [-0.39, 0.29) is 0 Å². The Morgan fingerprint density at radius 3 is 2.64 bits per heavy atom. The Hall–Kier alpha value is -0.960. The first kappa shape index (κ1) is 23.3. The van der Waals surface area contributed by atoms with Gasteiger partial charge < -0.3 is 5.73 Å². The summed E-state index contributed by atoms with van der Waals surface area (Å²) in [5.41, 5.74) is 10.6. The third-order valence-electron chi connectivity index (χ3n) is 7.65. The Morgan fingerprint density at radius 2 is 1.96 bits per heavy atom. The second kappa shape index (κ2) is 9.69. The lowest BCUT2D eigenvalue weighted by Gasteiger charge is -2.58. The molecule has 0 heterocycles. The molecule has 28 heavy (non-hydrogen) atoms. The summed E-state index contributed by atoms with van der Waals surface area (Å²) in [5.74, 6) is 1.53. The molecule has 2 N–H and O–H groups in total. The Morgan fingerprint density at radius 1 is 1.25 bits per heavy atom. The maximum atomic E-state index is 5.52. The number of nitrogens with two attached hydrogens (primary N) is 1. The molecule has 2 fully saturated rings. The molecule has 2 rings (SSSR count).